The molecule has 0 aliphatic heterocycles. The molecule has 1 N–H and O–H groups in total. The van der Waals surface area contributed by atoms with Gasteiger partial charge in [-0.1, -0.05) is 29.8 Å². The summed E-state index contributed by atoms with van der Waals surface area (Å²) >= 11 is 10.3. The van der Waals surface area contributed by atoms with Gasteiger partial charge in [0.1, 0.15) is 0 Å². The van der Waals surface area contributed by atoms with Gasteiger partial charge < -0.3 is 5.32 Å². The quantitative estimate of drug-likeness (QED) is 0.773. The van der Waals surface area contributed by atoms with Crippen LogP contribution in [0.3, 0.4) is 0 Å². The first-order valence-corrected chi connectivity index (χ1v) is 7.69. The topological polar surface area (TPSA) is 12.0 Å². The Bertz CT molecular complexity index is 498. The molecule has 2 aromatic rings. The van der Waals surface area contributed by atoms with Crippen molar-refractivity contribution in [2.45, 2.75) is 12.5 Å². The standard InChI is InChI=1S/C13H13ClINS/c1-16-12(10-7-13(15)17-8-10)6-9-4-2-3-5-11(9)14/h2-5,7-8,12,16H,6H2,1H3. The van der Waals surface area contributed by atoms with Crippen molar-refractivity contribution in [2.75, 3.05) is 7.05 Å². The summed E-state index contributed by atoms with van der Waals surface area (Å²) in [7, 11) is 1.99. The first-order valence-electron chi connectivity index (χ1n) is 5.35. The van der Waals surface area contributed by atoms with Crippen LogP contribution in [-0.4, -0.2) is 7.05 Å². The van der Waals surface area contributed by atoms with E-state index in [0.717, 1.165) is 11.4 Å². The number of nitrogens with one attached hydrogen (secondary N) is 1. The number of benzene rings is 1. The second kappa shape index (κ2) is 6.18. The van der Waals surface area contributed by atoms with Crippen LogP contribution in [-0.2, 0) is 6.42 Å². The van der Waals surface area contributed by atoms with Crippen LogP contribution >= 0.6 is 45.5 Å². The molecule has 0 saturated carbocycles. The zero-order valence-corrected chi connectivity index (χ0v) is 13.1. The molecule has 0 radical (unpaired) electrons. The molecule has 1 nitrogen and oxygen atoms in total. The molecule has 2 rings (SSSR count). The van der Waals surface area contributed by atoms with E-state index in [1.54, 1.807) is 11.3 Å². The average molecular weight is 378 g/mol. The van der Waals surface area contributed by atoms with Crippen LogP contribution < -0.4 is 5.32 Å². The van der Waals surface area contributed by atoms with Crippen molar-refractivity contribution in [2.24, 2.45) is 0 Å². The van der Waals surface area contributed by atoms with Gasteiger partial charge in [0.15, 0.2) is 0 Å². The number of hydrogen-bond acceptors (Lipinski definition) is 2. The molecule has 0 fully saturated rings. The number of thiophene rings is 1. The van der Waals surface area contributed by atoms with E-state index in [1.807, 2.05) is 25.2 Å². The largest absolute Gasteiger partial charge is 0.313 e. The fourth-order valence-electron chi connectivity index (χ4n) is 1.78. The monoisotopic (exact) mass is 377 g/mol. The highest BCUT2D eigenvalue weighted by atomic mass is 127. The predicted octanol–water partition coefficient (Wildman–Crippen LogP) is 4.51. The highest BCUT2D eigenvalue weighted by Gasteiger charge is 2.13. The van der Waals surface area contributed by atoms with Crippen molar-refractivity contribution in [3.63, 3.8) is 0 Å². The summed E-state index contributed by atoms with van der Waals surface area (Å²) in [6.07, 6.45) is 0.920. The molecular formula is C13H13ClINS. The first kappa shape index (κ1) is 13.3. The van der Waals surface area contributed by atoms with Crippen molar-refractivity contribution in [3.8, 4) is 0 Å². The van der Waals surface area contributed by atoms with E-state index in [4.69, 9.17) is 11.6 Å². The fourth-order valence-corrected chi connectivity index (χ4v) is 3.42. The minimum absolute atomic E-state index is 0.328. The summed E-state index contributed by atoms with van der Waals surface area (Å²) in [4.78, 5) is 0. The van der Waals surface area contributed by atoms with Crippen LogP contribution in [0.1, 0.15) is 17.2 Å². The zero-order valence-electron chi connectivity index (χ0n) is 9.41. The van der Waals surface area contributed by atoms with Gasteiger partial charge in [-0.3, -0.25) is 0 Å². The Morgan fingerprint density at radius 2 is 2.18 bits per heavy atom. The normalized spacial score (nSPS) is 12.6. The fraction of sp³-hybridized carbons (Fsp3) is 0.231. The van der Waals surface area contributed by atoms with Gasteiger partial charge in [-0.2, -0.15) is 0 Å². The highest BCUT2D eigenvalue weighted by molar-refractivity contribution is 14.1. The maximum absolute atomic E-state index is 6.19. The molecule has 0 aliphatic carbocycles. The molecule has 1 unspecified atom stereocenters. The van der Waals surface area contributed by atoms with Crippen LogP contribution in [0, 0.1) is 2.88 Å². The molecule has 0 saturated heterocycles. The smallest absolute Gasteiger partial charge is 0.0656 e. The maximum Gasteiger partial charge on any atom is 0.0656 e. The van der Waals surface area contributed by atoms with Gasteiger partial charge in [-0.05, 0) is 64.7 Å². The lowest BCUT2D eigenvalue weighted by atomic mass is 10.0. The average Bonchev–Trinajstić information content (AvgIpc) is 2.75. The number of halogens is 2. The lowest BCUT2D eigenvalue weighted by Gasteiger charge is -2.15. The van der Waals surface area contributed by atoms with Crippen LogP contribution in [0.25, 0.3) is 0 Å². The zero-order chi connectivity index (χ0) is 12.3. The Labute approximate surface area is 124 Å². The van der Waals surface area contributed by atoms with E-state index in [9.17, 15) is 0 Å². The van der Waals surface area contributed by atoms with Crippen molar-refractivity contribution >= 4 is 45.5 Å². The number of hydrogen-bond donors (Lipinski definition) is 1. The molecule has 17 heavy (non-hydrogen) atoms. The molecule has 1 aromatic heterocycles. The van der Waals surface area contributed by atoms with Crippen LogP contribution in [0.15, 0.2) is 35.7 Å². The van der Waals surface area contributed by atoms with E-state index in [2.05, 4.69) is 45.4 Å². The van der Waals surface area contributed by atoms with E-state index < -0.39 is 0 Å². The first-order chi connectivity index (χ1) is 8.20. The van der Waals surface area contributed by atoms with Crippen molar-refractivity contribution in [3.05, 3.63) is 54.7 Å². The molecule has 0 bridgehead atoms. The van der Waals surface area contributed by atoms with Gasteiger partial charge in [0.05, 0.1) is 2.88 Å². The Morgan fingerprint density at radius 1 is 1.41 bits per heavy atom. The van der Waals surface area contributed by atoms with Gasteiger partial charge in [0.2, 0.25) is 0 Å². The second-order valence-electron chi connectivity index (χ2n) is 3.82. The second-order valence-corrected chi connectivity index (χ2v) is 7.03. The molecule has 4 heteroatoms. The Balaban J connectivity index is 2.18. The Kier molecular flexibility index (Phi) is 4.85. The lowest BCUT2D eigenvalue weighted by Crippen LogP contribution is -2.18. The molecular weight excluding hydrogens is 365 g/mol. The van der Waals surface area contributed by atoms with Gasteiger partial charge in [-0.25, -0.2) is 0 Å². The van der Waals surface area contributed by atoms with E-state index in [1.165, 1.54) is 14.0 Å². The third-order valence-electron chi connectivity index (χ3n) is 2.72. The van der Waals surface area contributed by atoms with Crippen molar-refractivity contribution in [1.29, 1.82) is 0 Å². The summed E-state index contributed by atoms with van der Waals surface area (Å²) in [5.41, 5.74) is 2.52. The van der Waals surface area contributed by atoms with Gasteiger partial charge >= 0.3 is 0 Å². The number of rotatable bonds is 4. The number of likely N-dealkylation sites (N-methyl/N-ethyl adjacent to an activating group) is 1. The van der Waals surface area contributed by atoms with E-state index >= 15 is 0 Å². The molecule has 1 heterocycles. The van der Waals surface area contributed by atoms with Crippen molar-refractivity contribution < 1.29 is 0 Å². The van der Waals surface area contributed by atoms with Crippen LogP contribution in [0.2, 0.25) is 5.02 Å². The van der Waals surface area contributed by atoms with Gasteiger partial charge in [0, 0.05) is 11.1 Å². The van der Waals surface area contributed by atoms with E-state index in [0.29, 0.717) is 6.04 Å². The molecule has 0 aliphatic rings. The molecule has 90 valence electrons. The van der Waals surface area contributed by atoms with Crippen LogP contribution in [0.4, 0.5) is 0 Å². The minimum atomic E-state index is 0.328. The SMILES string of the molecule is CNC(Cc1ccccc1Cl)c1csc(I)c1. The lowest BCUT2D eigenvalue weighted by molar-refractivity contribution is 0.594. The summed E-state index contributed by atoms with van der Waals surface area (Å²) in [6, 6.07) is 10.6. The molecule has 0 amide bonds. The maximum atomic E-state index is 6.19. The Morgan fingerprint density at radius 3 is 2.76 bits per heavy atom. The van der Waals surface area contributed by atoms with E-state index in [-0.39, 0.29) is 0 Å². The third kappa shape index (κ3) is 3.44. The third-order valence-corrected chi connectivity index (χ3v) is 4.90. The Hall–Kier alpha value is -0.100. The minimum Gasteiger partial charge on any atom is -0.313 e. The predicted molar refractivity (Wildman–Crippen MR) is 84.0 cm³/mol. The van der Waals surface area contributed by atoms with Gasteiger partial charge in [0.25, 0.3) is 0 Å². The molecule has 0 spiro atoms. The highest BCUT2D eigenvalue weighted by Crippen LogP contribution is 2.27. The summed E-state index contributed by atoms with van der Waals surface area (Å²) in [5.74, 6) is 0. The summed E-state index contributed by atoms with van der Waals surface area (Å²) < 4.78 is 1.32. The summed E-state index contributed by atoms with van der Waals surface area (Å²) in [6.45, 7) is 0. The molecule has 1 atom stereocenters. The molecule has 1 aromatic carbocycles. The van der Waals surface area contributed by atoms with Gasteiger partial charge in [-0.15, -0.1) is 11.3 Å². The summed E-state index contributed by atoms with van der Waals surface area (Å²) in [5, 5.41) is 6.41. The van der Waals surface area contributed by atoms with Crippen molar-refractivity contribution in [1.82, 2.24) is 5.32 Å². The van der Waals surface area contributed by atoms with Crippen LogP contribution in [0.5, 0.6) is 0 Å².